The summed E-state index contributed by atoms with van der Waals surface area (Å²) in [6, 6.07) is 5.49. The van der Waals surface area contributed by atoms with Gasteiger partial charge in [0.1, 0.15) is 11.6 Å². The summed E-state index contributed by atoms with van der Waals surface area (Å²) in [4.78, 5) is 0. The maximum atomic E-state index is 14.1. The van der Waals surface area contributed by atoms with Crippen molar-refractivity contribution in [1.82, 2.24) is 5.32 Å². The summed E-state index contributed by atoms with van der Waals surface area (Å²) in [5, 5.41) is 3.45. The second kappa shape index (κ2) is 6.90. The lowest BCUT2D eigenvalue weighted by molar-refractivity contribution is 0.373. The van der Waals surface area contributed by atoms with Crippen molar-refractivity contribution in [2.45, 2.75) is 52.0 Å². The Morgan fingerprint density at radius 3 is 2.58 bits per heavy atom. The Hall–Kier alpha value is -1.09. The predicted molar refractivity (Wildman–Crippen MR) is 78.4 cm³/mol. The first kappa shape index (κ1) is 16.0. The number of rotatable bonds is 7. The van der Waals surface area contributed by atoms with Crippen molar-refractivity contribution >= 4 is 0 Å². The average Bonchev–Trinajstić information content (AvgIpc) is 2.35. The summed E-state index contributed by atoms with van der Waals surface area (Å²) in [5.41, 5.74) is 0.551. The topological polar surface area (TPSA) is 21.3 Å². The third kappa shape index (κ3) is 4.50. The summed E-state index contributed by atoms with van der Waals surface area (Å²) in [6.07, 6.45) is 2.01. The van der Waals surface area contributed by atoms with Crippen molar-refractivity contribution in [2.75, 3.05) is 13.7 Å². The Morgan fingerprint density at radius 2 is 2.05 bits per heavy atom. The van der Waals surface area contributed by atoms with E-state index in [-0.39, 0.29) is 11.2 Å². The maximum Gasteiger partial charge on any atom is 0.130 e. The van der Waals surface area contributed by atoms with E-state index >= 15 is 0 Å². The van der Waals surface area contributed by atoms with Gasteiger partial charge in [0.25, 0.3) is 0 Å². The van der Waals surface area contributed by atoms with Crippen LogP contribution in [0.5, 0.6) is 5.75 Å². The number of nitrogens with one attached hydrogen (secondary N) is 1. The number of benzene rings is 1. The number of halogens is 1. The molecule has 1 N–H and O–H groups in total. The van der Waals surface area contributed by atoms with E-state index in [9.17, 15) is 4.39 Å². The molecule has 1 atom stereocenters. The summed E-state index contributed by atoms with van der Waals surface area (Å²) in [7, 11) is 1.55. The van der Waals surface area contributed by atoms with Gasteiger partial charge < -0.3 is 10.1 Å². The van der Waals surface area contributed by atoms with Gasteiger partial charge in [-0.05, 0) is 43.4 Å². The molecule has 0 amide bonds. The zero-order valence-electron chi connectivity index (χ0n) is 12.7. The third-order valence-electron chi connectivity index (χ3n) is 3.46. The van der Waals surface area contributed by atoms with Gasteiger partial charge in [-0.15, -0.1) is 0 Å². The van der Waals surface area contributed by atoms with Gasteiger partial charge in [0.15, 0.2) is 0 Å². The molecule has 0 fully saturated rings. The van der Waals surface area contributed by atoms with Gasteiger partial charge in [-0.2, -0.15) is 0 Å². The Kier molecular flexibility index (Phi) is 5.80. The highest BCUT2D eigenvalue weighted by Gasteiger charge is 2.26. The summed E-state index contributed by atoms with van der Waals surface area (Å²) >= 11 is 0. The lowest BCUT2D eigenvalue weighted by Gasteiger charge is -2.29. The lowest BCUT2D eigenvalue weighted by Crippen LogP contribution is -2.34. The SMILES string of the molecule is CCCNC(C)CC(C)(C)c1ccc(OC)cc1F. The standard InChI is InChI=1S/C16H26FNO/c1-6-9-18-12(2)11-16(3,4)14-8-7-13(19-5)10-15(14)17/h7-8,10,12,18H,6,9,11H2,1-5H3. The summed E-state index contributed by atoms with van der Waals surface area (Å²) in [5.74, 6) is 0.376. The number of hydrogen-bond acceptors (Lipinski definition) is 2. The van der Waals surface area contributed by atoms with Crippen LogP contribution in [0.25, 0.3) is 0 Å². The predicted octanol–water partition coefficient (Wildman–Crippen LogP) is 3.89. The van der Waals surface area contributed by atoms with Crippen LogP contribution in [0.3, 0.4) is 0 Å². The van der Waals surface area contributed by atoms with Crippen molar-refractivity contribution in [3.63, 3.8) is 0 Å². The highest BCUT2D eigenvalue weighted by atomic mass is 19.1. The van der Waals surface area contributed by atoms with E-state index in [1.165, 1.54) is 6.07 Å². The fourth-order valence-electron chi connectivity index (χ4n) is 2.51. The molecule has 0 aromatic heterocycles. The molecule has 3 heteroatoms. The second-order valence-electron chi connectivity index (χ2n) is 5.79. The molecule has 1 aromatic rings. The van der Waals surface area contributed by atoms with Crippen LogP contribution < -0.4 is 10.1 Å². The molecule has 0 aliphatic rings. The highest BCUT2D eigenvalue weighted by molar-refractivity contribution is 5.33. The fraction of sp³-hybridized carbons (Fsp3) is 0.625. The minimum atomic E-state index is -0.198. The lowest BCUT2D eigenvalue weighted by atomic mass is 9.79. The number of ether oxygens (including phenoxy) is 1. The van der Waals surface area contributed by atoms with E-state index in [0.29, 0.717) is 11.8 Å². The second-order valence-corrected chi connectivity index (χ2v) is 5.79. The molecule has 0 saturated heterocycles. The maximum absolute atomic E-state index is 14.1. The number of hydrogen-bond donors (Lipinski definition) is 1. The molecular formula is C16H26FNO. The fourth-order valence-corrected chi connectivity index (χ4v) is 2.51. The van der Waals surface area contributed by atoms with Gasteiger partial charge in [0.2, 0.25) is 0 Å². The van der Waals surface area contributed by atoms with Gasteiger partial charge in [-0.1, -0.05) is 26.8 Å². The van der Waals surface area contributed by atoms with Crippen LogP contribution in [-0.2, 0) is 5.41 Å². The van der Waals surface area contributed by atoms with Crippen LogP contribution in [0.4, 0.5) is 4.39 Å². The van der Waals surface area contributed by atoms with Gasteiger partial charge in [0, 0.05) is 12.1 Å². The first-order valence-corrected chi connectivity index (χ1v) is 6.98. The summed E-state index contributed by atoms with van der Waals surface area (Å²) in [6.45, 7) is 9.47. The Bertz CT molecular complexity index is 404. The highest BCUT2D eigenvalue weighted by Crippen LogP contribution is 2.32. The zero-order chi connectivity index (χ0) is 14.5. The smallest absolute Gasteiger partial charge is 0.130 e. The Labute approximate surface area is 116 Å². The van der Waals surface area contributed by atoms with Gasteiger partial charge >= 0.3 is 0 Å². The zero-order valence-corrected chi connectivity index (χ0v) is 12.7. The molecule has 108 valence electrons. The van der Waals surface area contributed by atoms with Gasteiger partial charge in [-0.3, -0.25) is 0 Å². The molecule has 1 rings (SSSR count). The third-order valence-corrected chi connectivity index (χ3v) is 3.46. The van der Waals surface area contributed by atoms with E-state index in [1.807, 2.05) is 12.1 Å². The van der Waals surface area contributed by atoms with E-state index in [4.69, 9.17) is 4.74 Å². The molecule has 0 spiro atoms. The Morgan fingerprint density at radius 1 is 1.37 bits per heavy atom. The minimum absolute atomic E-state index is 0.188. The van der Waals surface area contributed by atoms with E-state index < -0.39 is 0 Å². The molecule has 0 aliphatic heterocycles. The average molecular weight is 267 g/mol. The molecule has 0 aliphatic carbocycles. The van der Waals surface area contributed by atoms with Crippen LogP contribution in [-0.4, -0.2) is 19.7 Å². The van der Waals surface area contributed by atoms with Crippen LogP contribution in [0.15, 0.2) is 18.2 Å². The van der Waals surface area contributed by atoms with Crippen molar-refractivity contribution in [1.29, 1.82) is 0 Å². The molecule has 2 nitrogen and oxygen atoms in total. The van der Waals surface area contributed by atoms with Gasteiger partial charge in [0.05, 0.1) is 7.11 Å². The quantitative estimate of drug-likeness (QED) is 0.809. The van der Waals surface area contributed by atoms with Crippen LogP contribution in [0.2, 0.25) is 0 Å². The molecule has 1 unspecified atom stereocenters. The molecule has 0 bridgehead atoms. The Balaban J connectivity index is 2.81. The monoisotopic (exact) mass is 267 g/mol. The van der Waals surface area contributed by atoms with Crippen molar-refractivity contribution in [3.05, 3.63) is 29.6 Å². The summed E-state index contributed by atoms with van der Waals surface area (Å²) < 4.78 is 19.2. The normalized spacial score (nSPS) is 13.4. The van der Waals surface area contributed by atoms with Crippen molar-refractivity contribution < 1.29 is 9.13 Å². The van der Waals surface area contributed by atoms with E-state index in [1.54, 1.807) is 7.11 Å². The van der Waals surface area contributed by atoms with Crippen LogP contribution in [0.1, 0.15) is 46.1 Å². The molecule has 19 heavy (non-hydrogen) atoms. The van der Waals surface area contributed by atoms with Crippen molar-refractivity contribution in [3.8, 4) is 5.75 Å². The van der Waals surface area contributed by atoms with Crippen LogP contribution >= 0.6 is 0 Å². The van der Waals surface area contributed by atoms with E-state index in [2.05, 4.69) is 33.0 Å². The van der Waals surface area contributed by atoms with Crippen molar-refractivity contribution in [2.24, 2.45) is 0 Å². The first-order chi connectivity index (χ1) is 8.90. The minimum Gasteiger partial charge on any atom is -0.497 e. The largest absolute Gasteiger partial charge is 0.497 e. The molecular weight excluding hydrogens is 241 g/mol. The molecule has 1 aromatic carbocycles. The molecule has 0 saturated carbocycles. The molecule has 0 heterocycles. The first-order valence-electron chi connectivity index (χ1n) is 6.98. The van der Waals surface area contributed by atoms with Gasteiger partial charge in [-0.25, -0.2) is 4.39 Å². The number of methoxy groups -OCH3 is 1. The molecule has 0 radical (unpaired) electrons. The van der Waals surface area contributed by atoms with E-state index in [0.717, 1.165) is 24.9 Å². The van der Waals surface area contributed by atoms with Crippen LogP contribution in [0, 0.1) is 5.82 Å².